The van der Waals surface area contributed by atoms with E-state index in [1.165, 1.54) is 29.8 Å². The van der Waals surface area contributed by atoms with Gasteiger partial charge in [0.15, 0.2) is 5.82 Å². The van der Waals surface area contributed by atoms with Gasteiger partial charge in [-0.1, -0.05) is 23.4 Å². The summed E-state index contributed by atoms with van der Waals surface area (Å²) < 4.78 is 5.46. The van der Waals surface area contributed by atoms with Gasteiger partial charge in [-0.2, -0.15) is 16.7 Å². The van der Waals surface area contributed by atoms with Gasteiger partial charge in [0.1, 0.15) is 6.04 Å². The molecule has 2 aromatic rings. The number of aromatic nitrogens is 2. The zero-order chi connectivity index (χ0) is 12.7. The van der Waals surface area contributed by atoms with Crippen molar-refractivity contribution in [1.82, 2.24) is 10.1 Å². The number of nitrogens with one attached hydrogen (secondary N) is 1. The molecule has 5 heteroatoms. The molecule has 4 nitrogen and oxygen atoms in total. The van der Waals surface area contributed by atoms with E-state index in [0.29, 0.717) is 5.25 Å². The molecule has 2 atom stereocenters. The Labute approximate surface area is 116 Å². The molecule has 1 fully saturated rings. The van der Waals surface area contributed by atoms with Crippen molar-refractivity contribution in [3.63, 3.8) is 0 Å². The number of hydrogen-bond acceptors (Lipinski definition) is 5. The van der Waals surface area contributed by atoms with Gasteiger partial charge in [0.25, 0.3) is 0 Å². The zero-order valence-corrected chi connectivity index (χ0v) is 11.3. The number of nitrogens with zero attached hydrogens (tertiary/aromatic N) is 2. The van der Waals surface area contributed by atoms with Crippen LogP contribution in [0.1, 0.15) is 41.4 Å². The second-order valence-electron chi connectivity index (χ2n) is 5.05. The Balaban J connectivity index is 1.55. The van der Waals surface area contributed by atoms with E-state index in [9.17, 15) is 0 Å². The van der Waals surface area contributed by atoms with Crippen molar-refractivity contribution < 1.29 is 4.52 Å². The maximum atomic E-state index is 5.46. The van der Waals surface area contributed by atoms with Crippen LogP contribution in [0.3, 0.4) is 0 Å². The van der Waals surface area contributed by atoms with E-state index in [1.807, 2.05) is 17.8 Å². The molecule has 1 N–H and O–H groups in total. The molecule has 1 unspecified atom stereocenters. The molecular formula is C14H15N3OS. The lowest BCUT2D eigenvalue weighted by atomic mass is 10.1. The lowest BCUT2D eigenvalue weighted by molar-refractivity contribution is 0.359. The fourth-order valence-electron chi connectivity index (χ4n) is 2.75. The molecule has 98 valence electrons. The number of anilines is 1. The predicted octanol–water partition coefficient (Wildman–Crippen LogP) is 3.35. The van der Waals surface area contributed by atoms with Crippen molar-refractivity contribution in [1.29, 1.82) is 0 Å². The second-order valence-corrected chi connectivity index (χ2v) is 6.36. The number of hydrogen-bond donors (Lipinski definition) is 1. The Kier molecular flexibility index (Phi) is 2.72. The third-order valence-corrected chi connectivity index (χ3v) is 5.12. The van der Waals surface area contributed by atoms with Gasteiger partial charge >= 0.3 is 0 Å². The molecule has 4 rings (SSSR count). The predicted molar refractivity (Wildman–Crippen MR) is 75.2 cm³/mol. The first-order valence-corrected chi connectivity index (χ1v) is 7.74. The summed E-state index contributed by atoms with van der Waals surface area (Å²) in [7, 11) is 0. The lowest BCUT2D eigenvalue weighted by Crippen LogP contribution is -2.06. The summed E-state index contributed by atoms with van der Waals surface area (Å²) in [5.41, 5.74) is 2.50. The Morgan fingerprint density at radius 1 is 1.32 bits per heavy atom. The molecule has 0 spiro atoms. The van der Waals surface area contributed by atoms with Crippen LogP contribution < -0.4 is 5.32 Å². The van der Waals surface area contributed by atoms with Crippen molar-refractivity contribution in [2.24, 2.45) is 0 Å². The number of para-hydroxylation sites is 1. The summed E-state index contributed by atoms with van der Waals surface area (Å²) in [5, 5.41) is 8.04. The number of fused-ring (bicyclic) bond motifs is 1. The molecule has 2 aliphatic rings. The van der Waals surface area contributed by atoms with Gasteiger partial charge in [0.2, 0.25) is 5.89 Å². The molecule has 0 radical (unpaired) electrons. The molecule has 0 aliphatic carbocycles. The average molecular weight is 273 g/mol. The van der Waals surface area contributed by atoms with Crippen molar-refractivity contribution in [2.45, 2.75) is 30.6 Å². The zero-order valence-electron chi connectivity index (χ0n) is 10.5. The quantitative estimate of drug-likeness (QED) is 0.909. The maximum Gasteiger partial charge on any atom is 0.249 e. The Morgan fingerprint density at radius 3 is 3.11 bits per heavy atom. The highest BCUT2D eigenvalue weighted by Crippen LogP contribution is 2.39. The fraction of sp³-hybridized carbons (Fsp3) is 0.429. The third-order valence-electron chi connectivity index (χ3n) is 3.74. The van der Waals surface area contributed by atoms with Crippen LogP contribution in [0.15, 0.2) is 28.8 Å². The molecule has 3 heterocycles. The van der Waals surface area contributed by atoms with Crippen LogP contribution in [0, 0.1) is 0 Å². The van der Waals surface area contributed by atoms with Crippen LogP contribution in [-0.2, 0) is 6.42 Å². The summed E-state index contributed by atoms with van der Waals surface area (Å²) in [5.74, 6) is 2.80. The minimum Gasteiger partial charge on any atom is -0.373 e. The number of rotatable bonds is 2. The molecule has 0 amide bonds. The smallest absolute Gasteiger partial charge is 0.249 e. The Morgan fingerprint density at radius 2 is 2.26 bits per heavy atom. The van der Waals surface area contributed by atoms with Gasteiger partial charge in [-0.05, 0) is 30.2 Å². The molecular weight excluding hydrogens is 258 g/mol. The first-order chi connectivity index (χ1) is 9.40. The summed E-state index contributed by atoms with van der Waals surface area (Å²) >= 11 is 1.93. The van der Waals surface area contributed by atoms with Crippen LogP contribution in [0.5, 0.6) is 0 Å². The van der Waals surface area contributed by atoms with Crippen LogP contribution in [0.2, 0.25) is 0 Å². The largest absolute Gasteiger partial charge is 0.373 e. The van der Waals surface area contributed by atoms with Crippen LogP contribution >= 0.6 is 11.8 Å². The molecule has 2 aliphatic heterocycles. The third kappa shape index (κ3) is 2.02. The van der Waals surface area contributed by atoms with E-state index >= 15 is 0 Å². The van der Waals surface area contributed by atoms with Gasteiger partial charge in [-0.15, -0.1) is 0 Å². The van der Waals surface area contributed by atoms with Crippen LogP contribution in [-0.4, -0.2) is 15.9 Å². The van der Waals surface area contributed by atoms with Crippen molar-refractivity contribution >= 4 is 17.4 Å². The molecule has 1 aromatic carbocycles. The van der Waals surface area contributed by atoms with E-state index in [4.69, 9.17) is 4.52 Å². The van der Waals surface area contributed by atoms with E-state index in [1.54, 1.807) is 0 Å². The average Bonchev–Trinajstić information content (AvgIpc) is 3.17. The van der Waals surface area contributed by atoms with Crippen molar-refractivity contribution in [3.8, 4) is 0 Å². The van der Waals surface area contributed by atoms with Crippen molar-refractivity contribution in [2.75, 3.05) is 11.1 Å². The maximum absolute atomic E-state index is 5.46. The fourth-order valence-corrected chi connectivity index (χ4v) is 3.94. The molecule has 1 aromatic heterocycles. The highest BCUT2D eigenvalue weighted by molar-refractivity contribution is 7.99. The summed E-state index contributed by atoms with van der Waals surface area (Å²) in [4.78, 5) is 4.60. The molecule has 0 bridgehead atoms. The minimum atomic E-state index is 0.130. The summed E-state index contributed by atoms with van der Waals surface area (Å²) in [6.45, 7) is 0. The highest BCUT2D eigenvalue weighted by Gasteiger charge is 2.29. The van der Waals surface area contributed by atoms with E-state index in [0.717, 1.165) is 18.1 Å². The normalized spacial score (nSPS) is 25.3. The second kappa shape index (κ2) is 4.56. The van der Waals surface area contributed by atoms with Gasteiger partial charge in [-0.3, -0.25) is 0 Å². The van der Waals surface area contributed by atoms with Crippen LogP contribution in [0.25, 0.3) is 0 Å². The van der Waals surface area contributed by atoms with Crippen LogP contribution in [0.4, 0.5) is 5.69 Å². The Bertz CT molecular complexity index is 567. The SMILES string of the molecule is c1ccc2c(c1)C[C@@H](c1nc(C3CCCS3)no1)N2. The highest BCUT2D eigenvalue weighted by atomic mass is 32.2. The van der Waals surface area contributed by atoms with Gasteiger partial charge < -0.3 is 9.84 Å². The van der Waals surface area contributed by atoms with E-state index in [-0.39, 0.29) is 6.04 Å². The van der Waals surface area contributed by atoms with E-state index < -0.39 is 0 Å². The monoisotopic (exact) mass is 273 g/mol. The Hall–Kier alpha value is -1.49. The molecule has 0 saturated carbocycles. The first-order valence-electron chi connectivity index (χ1n) is 6.70. The lowest BCUT2D eigenvalue weighted by Gasteiger charge is -2.04. The number of thioether (sulfide) groups is 1. The minimum absolute atomic E-state index is 0.130. The van der Waals surface area contributed by atoms with Gasteiger partial charge in [-0.25, -0.2) is 0 Å². The van der Waals surface area contributed by atoms with E-state index in [2.05, 4.69) is 33.7 Å². The summed E-state index contributed by atoms with van der Waals surface area (Å²) in [6.07, 6.45) is 3.35. The number of benzene rings is 1. The van der Waals surface area contributed by atoms with Crippen molar-refractivity contribution in [3.05, 3.63) is 41.5 Å². The topological polar surface area (TPSA) is 51.0 Å². The first kappa shape index (κ1) is 11.3. The van der Waals surface area contributed by atoms with Gasteiger partial charge in [0.05, 0.1) is 5.25 Å². The van der Waals surface area contributed by atoms with Gasteiger partial charge in [0, 0.05) is 12.1 Å². The molecule has 19 heavy (non-hydrogen) atoms. The standard InChI is InChI=1S/C14H15N3OS/c1-2-5-10-9(4-1)8-11(15-10)14-16-13(17-18-14)12-6-3-7-19-12/h1-2,4-5,11-12,15H,3,6-8H2/t11-,12?/m0/s1. The molecule has 1 saturated heterocycles. The summed E-state index contributed by atoms with van der Waals surface area (Å²) in [6, 6.07) is 8.48.